The van der Waals surface area contributed by atoms with Crippen LogP contribution < -0.4 is 20.5 Å². The smallest absolute Gasteiger partial charge is 0.333 e. The number of hydrogen-bond acceptors (Lipinski definition) is 7. The molecule has 2 aliphatic carbocycles. The summed E-state index contributed by atoms with van der Waals surface area (Å²) in [4.78, 5) is 17.3. The summed E-state index contributed by atoms with van der Waals surface area (Å²) in [6.45, 7) is 1.21. The molecule has 3 aliphatic rings. The van der Waals surface area contributed by atoms with Crippen LogP contribution in [0.3, 0.4) is 0 Å². The predicted molar refractivity (Wildman–Crippen MR) is 108 cm³/mol. The van der Waals surface area contributed by atoms with E-state index >= 15 is 0 Å². The number of fused-ring (bicyclic) bond motifs is 3. The molecule has 0 bridgehead atoms. The van der Waals surface area contributed by atoms with E-state index in [0.29, 0.717) is 19.7 Å². The van der Waals surface area contributed by atoms with Crippen LogP contribution in [0.25, 0.3) is 0 Å². The van der Waals surface area contributed by atoms with Gasteiger partial charge < -0.3 is 15.8 Å². The van der Waals surface area contributed by atoms with Crippen LogP contribution in [0.2, 0.25) is 0 Å². The molecule has 3 heterocycles. The molecule has 2 aromatic heterocycles. The minimum absolute atomic E-state index is 0.0695. The van der Waals surface area contributed by atoms with E-state index in [-0.39, 0.29) is 16.7 Å². The van der Waals surface area contributed by atoms with Crippen molar-refractivity contribution in [2.45, 2.75) is 50.0 Å². The van der Waals surface area contributed by atoms with E-state index in [4.69, 9.17) is 15.5 Å². The second-order valence-electron chi connectivity index (χ2n) is 8.01. The van der Waals surface area contributed by atoms with Gasteiger partial charge in [-0.1, -0.05) is 0 Å². The van der Waals surface area contributed by atoms with Gasteiger partial charge in [-0.15, -0.1) is 0 Å². The number of amides is 2. The number of carbonyl (C=O) groups excluding carboxylic acids is 1. The molecule has 1 unspecified atom stereocenters. The minimum Gasteiger partial charge on any atom is -0.476 e. The number of nitrogens with zero attached hydrogens (tertiary/aromatic N) is 3. The van der Waals surface area contributed by atoms with E-state index in [1.807, 2.05) is 0 Å². The summed E-state index contributed by atoms with van der Waals surface area (Å²) in [6.07, 6.45) is 6.64. The standard InChI is InChI=1S/C19H24N6O4S/c20-7-11-9-25-18(29-10-11)16(8-21-25)30(27,28)24-19(26)23-17-12-3-1-5-14(12)22-15-6-2-4-13(15)17/h8,11H,1-7,9-10,20H2,(H2,22,23,24,26). The number of sulfonamides is 1. The lowest BCUT2D eigenvalue weighted by molar-refractivity contribution is 0.164. The Bertz CT molecular complexity index is 1090. The Morgan fingerprint density at radius 1 is 1.20 bits per heavy atom. The zero-order valence-electron chi connectivity index (χ0n) is 16.5. The lowest BCUT2D eigenvalue weighted by atomic mass is 10.1. The topological polar surface area (TPSA) is 141 Å². The second-order valence-corrected chi connectivity index (χ2v) is 9.66. The van der Waals surface area contributed by atoms with E-state index < -0.39 is 16.1 Å². The minimum atomic E-state index is -4.15. The largest absolute Gasteiger partial charge is 0.476 e. The van der Waals surface area contributed by atoms with E-state index in [1.54, 1.807) is 0 Å². The Kier molecular flexibility index (Phi) is 4.66. The fourth-order valence-electron chi connectivity index (χ4n) is 4.51. The molecule has 160 valence electrons. The Morgan fingerprint density at radius 2 is 1.90 bits per heavy atom. The molecule has 0 saturated carbocycles. The lowest BCUT2D eigenvalue weighted by Gasteiger charge is -2.23. The summed E-state index contributed by atoms with van der Waals surface area (Å²) in [5, 5.41) is 6.89. The van der Waals surface area contributed by atoms with Crippen LogP contribution in [0.4, 0.5) is 10.5 Å². The van der Waals surface area contributed by atoms with Crippen LogP contribution in [-0.4, -0.2) is 42.4 Å². The Hall–Kier alpha value is -2.66. The van der Waals surface area contributed by atoms with Gasteiger partial charge in [-0.05, 0) is 49.7 Å². The second kappa shape index (κ2) is 7.24. The van der Waals surface area contributed by atoms with Crippen molar-refractivity contribution >= 4 is 21.7 Å². The van der Waals surface area contributed by atoms with Crippen LogP contribution in [0.1, 0.15) is 35.4 Å². The average molecular weight is 433 g/mol. The number of pyridine rings is 1. The van der Waals surface area contributed by atoms with Gasteiger partial charge in [0, 0.05) is 23.9 Å². The lowest BCUT2D eigenvalue weighted by Crippen LogP contribution is -2.36. The van der Waals surface area contributed by atoms with Crippen LogP contribution in [0, 0.1) is 5.92 Å². The van der Waals surface area contributed by atoms with Gasteiger partial charge in [-0.3, -0.25) is 4.98 Å². The summed E-state index contributed by atoms with van der Waals surface area (Å²) in [5.41, 5.74) is 10.5. The molecule has 30 heavy (non-hydrogen) atoms. The van der Waals surface area contributed by atoms with E-state index in [9.17, 15) is 13.2 Å². The number of aromatic nitrogens is 3. The molecule has 1 aliphatic heterocycles. The molecule has 10 nitrogen and oxygen atoms in total. The fourth-order valence-corrected chi connectivity index (χ4v) is 5.49. The van der Waals surface area contributed by atoms with Crippen molar-refractivity contribution in [2.24, 2.45) is 11.7 Å². The monoisotopic (exact) mass is 432 g/mol. The van der Waals surface area contributed by atoms with Crippen molar-refractivity contribution in [1.29, 1.82) is 0 Å². The summed E-state index contributed by atoms with van der Waals surface area (Å²) in [7, 11) is -4.15. The Morgan fingerprint density at radius 3 is 2.57 bits per heavy atom. The van der Waals surface area contributed by atoms with Crippen LogP contribution in [0.15, 0.2) is 11.1 Å². The van der Waals surface area contributed by atoms with Gasteiger partial charge in [0.1, 0.15) is 0 Å². The molecule has 0 fully saturated rings. The quantitative estimate of drug-likeness (QED) is 0.647. The van der Waals surface area contributed by atoms with E-state index in [1.165, 1.54) is 10.9 Å². The van der Waals surface area contributed by atoms with Crippen LogP contribution >= 0.6 is 0 Å². The highest BCUT2D eigenvalue weighted by Crippen LogP contribution is 2.36. The molecule has 2 amide bonds. The number of ether oxygens (including phenoxy) is 1. The molecule has 0 spiro atoms. The van der Waals surface area contributed by atoms with Gasteiger partial charge in [0.25, 0.3) is 10.0 Å². The average Bonchev–Trinajstić information content (AvgIpc) is 3.45. The Labute approximate surface area is 174 Å². The van der Waals surface area contributed by atoms with Crippen LogP contribution in [0.5, 0.6) is 5.88 Å². The van der Waals surface area contributed by atoms with Crippen molar-refractivity contribution in [3.8, 4) is 5.88 Å². The molecule has 0 aromatic carbocycles. The van der Waals surface area contributed by atoms with Gasteiger partial charge in [-0.2, -0.15) is 5.10 Å². The third kappa shape index (κ3) is 3.21. The predicted octanol–water partition coefficient (Wildman–Crippen LogP) is 0.733. The fraction of sp³-hybridized carbons (Fsp3) is 0.526. The van der Waals surface area contributed by atoms with Crippen molar-refractivity contribution < 1.29 is 17.9 Å². The maximum Gasteiger partial charge on any atom is 0.333 e. The number of carbonyl (C=O) groups is 1. The number of anilines is 1. The molecule has 4 N–H and O–H groups in total. The molecule has 0 saturated heterocycles. The summed E-state index contributed by atoms with van der Waals surface area (Å²) < 4.78 is 34.8. The molecule has 11 heteroatoms. The molecule has 0 radical (unpaired) electrons. The van der Waals surface area contributed by atoms with E-state index in [0.717, 1.165) is 66.7 Å². The number of rotatable bonds is 4. The molecular weight excluding hydrogens is 408 g/mol. The first kappa shape index (κ1) is 19.3. The number of nitrogens with one attached hydrogen (secondary N) is 2. The van der Waals surface area contributed by atoms with Crippen molar-refractivity contribution in [2.75, 3.05) is 18.5 Å². The summed E-state index contributed by atoms with van der Waals surface area (Å²) in [5.74, 6) is 0.200. The highest BCUT2D eigenvalue weighted by Gasteiger charge is 2.32. The normalized spacial score (nSPS) is 19.6. The van der Waals surface area contributed by atoms with E-state index in [2.05, 4.69) is 15.1 Å². The summed E-state index contributed by atoms with van der Waals surface area (Å²) >= 11 is 0. The van der Waals surface area contributed by atoms with Crippen molar-refractivity contribution in [1.82, 2.24) is 19.5 Å². The summed E-state index contributed by atoms with van der Waals surface area (Å²) in [6, 6.07) is -0.792. The number of aryl methyl sites for hydroxylation is 2. The van der Waals surface area contributed by atoms with Crippen LogP contribution in [-0.2, 0) is 42.3 Å². The number of nitrogens with two attached hydrogens (primary N) is 1. The first-order valence-electron chi connectivity index (χ1n) is 10.2. The molecular formula is C19H24N6O4S. The van der Waals surface area contributed by atoms with Gasteiger partial charge in [0.05, 0.1) is 25.0 Å². The van der Waals surface area contributed by atoms with Crippen molar-refractivity contribution in [3.05, 3.63) is 28.7 Å². The van der Waals surface area contributed by atoms with Gasteiger partial charge in [0.2, 0.25) is 5.88 Å². The molecule has 2 aromatic rings. The third-order valence-electron chi connectivity index (χ3n) is 5.99. The molecule has 1 atom stereocenters. The van der Waals surface area contributed by atoms with Gasteiger partial charge >= 0.3 is 6.03 Å². The first-order valence-corrected chi connectivity index (χ1v) is 11.7. The highest BCUT2D eigenvalue weighted by atomic mass is 32.2. The zero-order chi connectivity index (χ0) is 20.9. The van der Waals surface area contributed by atoms with Crippen molar-refractivity contribution in [3.63, 3.8) is 0 Å². The van der Waals surface area contributed by atoms with Gasteiger partial charge in [0.15, 0.2) is 4.90 Å². The SMILES string of the molecule is NCC1COc2c(S(=O)(=O)NC(=O)Nc3c4c(nc5c3CCC5)CCC4)cnn2C1. The Balaban J connectivity index is 1.38. The van der Waals surface area contributed by atoms with Gasteiger partial charge in [-0.25, -0.2) is 22.6 Å². The highest BCUT2D eigenvalue weighted by molar-refractivity contribution is 7.90. The first-order chi connectivity index (χ1) is 14.5. The number of hydrogen-bond donors (Lipinski definition) is 3. The molecule has 5 rings (SSSR count). The maximum atomic E-state index is 12.8. The third-order valence-corrected chi connectivity index (χ3v) is 7.30. The zero-order valence-corrected chi connectivity index (χ0v) is 17.3. The maximum absolute atomic E-state index is 12.8. The number of urea groups is 1.